The summed E-state index contributed by atoms with van der Waals surface area (Å²) in [5, 5.41) is 6.22. The van der Waals surface area contributed by atoms with Gasteiger partial charge in [-0.25, -0.2) is 4.39 Å². The standard InChI is InChI=1S/C20H21FN2O2/c21-16-8-13-4-6-22-11-19(13)18(9-16)20(24)23-10-14-2-1-3-15-12-25-7-5-17(14)15/h1-3,8-9,22H,4-7,10-12H2,(H,23,24). The van der Waals surface area contributed by atoms with Crippen LogP contribution in [0.1, 0.15) is 38.2 Å². The zero-order valence-corrected chi connectivity index (χ0v) is 14.0. The summed E-state index contributed by atoms with van der Waals surface area (Å²) >= 11 is 0. The van der Waals surface area contributed by atoms with Crippen molar-refractivity contribution in [2.75, 3.05) is 13.2 Å². The van der Waals surface area contributed by atoms with Crippen LogP contribution in [0.4, 0.5) is 4.39 Å². The second-order valence-corrected chi connectivity index (χ2v) is 6.56. The van der Waals surface area contributed by atoms with Gasteiger partial charge in [-0.2, -0.15) is 0 Å². The summed E-state index contributed by atoms with van der Waals surface area (Å²) in [6.45, 7) is 3.20. The first-order valence-electron chi connectivity index (χ1n) is 8.70. The molecule has 2 aliphatic heterocycles. The van der Waals surface area contributed by atoms with Gasteiger partial charge in [0.2, 0.25) is 0 Å². The molecular formula is C20H21FN2O2. The topological polar surface area (TPSA) is 50.4 Å². The third-order valence-electron chi connectivity index (χ3n) is 4.99. The van der Waals surface area contributed by atoms with E-state index in [1.54, 1.807) is 6.07 Å². The Balaban J connectivity index is 1.55. The van der Waals surface area contributed by atoms with Crippen LogP contribution in [-0.4, -0.2) is 19.1 Å². The largest absolute Gasteiger partial charge is 0.376 e. The zero-order valence-electron chi connectivity index (χ0n) is 14.0. The maximum Gasteiger partial charge on any atom is 0.251 e. The highest BCUT2D eigenvalue weighted by atomic mass is 19.1. The van der Waals surface area contributed by atoms with E-state index >= 15 is 0 Å². The van der Waals surface area contributed by atoms with Crippen LogP contribution in [0.3, 0.4) is 0 Å². The first-order chi connectivity index (χ1) is 12.2. The van der Waals surface area contributed by atoms with E-state index in [2.05, 4.69) is 16.7 Å². The van der Waals surface area contributed by atoms with Gasteiger partial charge >= 0.3 is 0 Å². The van der Waals surface area contributed by atoms with Crippen LogP contribution in [0.15, 0.2) is 30.3 Å². The Morgan fingerprint density at radius 2 is 2.12 bits per heavy atom. The van der Waals surface area contributed by atoms with E-state index in [0.29, 0.717) is 31.9 Å². The van der Waals surface area contributed by atoms with Crippen molar-refractivity contribution in [3.8, 4) is 0 Å². The Labute approximate surface area is 146 Å². The number of fused-ring (bicyclic) bond motifs is 2. The van der Waals surface area contributed by atoms with Crippen LogP contribution >= 0.6 is 0 Å². The van der Waals surface area contributed by atoms with E-state index in [0.717, 1.165) is 36.1 Å². The lowest BCUT2D eigenvalue weighted by molar-refractivity contribution is 0.0948. The second kappa shape index (κ2) is 6.94. The SMILES string of the molecule is O=C(NCc1cccc2c1CCOC2)c1cc(F)cc2c1CNCC2. The molecule has 0 spiro atoms. The summed E-state index contributed by atoms with van der Waals surface area (Å²) in [6.07, 6.45) is 1.61. The highest BCUT2D eigenvalue weighted by molar-refractivity contribution is 5.96. The van der Waals surface area contributed by atoms with Gasteiger partial charge in [-0.05, 0) is 59.3 Å². The molecule has 2 aliphatic rings. The van der Waals surface area contributed by atoms with Crippen molar-refractivity contribution < 1.29 is 13.9 Å². The van der Waals surface area contributed by atoms with Gasteiger partial charge in [-0.3, -0.25) is 4.79 Å². The Hall–Kier alpha value is -2.24. The van der Waals surface area contributed by atoms with Crippen LogP contribution in [0.2, 0.25) is 0 Å². The van der Waals surface area contributed by atoms with Crippen molar-refractivity contribution in [1.82, 2.24) is 10.6 Å². The van der Waals surface area contributed by atoms with Gasteiger partial charge in [-0.15, -0.1) is 0 Å². The van der Waals surface area contributed by atoms with Crippen LogP contribution in [0.5, 0.6) is 0 Å². The Morgan fingerprint density at radius 1 is 1.20 bits per heavy atom. The Kier molecular flexibility index (Phi) is 4.51. The minimum absolute atomic E-state index is 0.218. The molecule has 0 aromatic heterocycles. The maximum absolute atomic E-state index is 13.9. The summed E-state index contributed by atoms with van der Waals surface area (Å²) < 4.78 is 19.4. The number of amides is 1. The highest BCUT2D eigenvalue weighted by Gasteiger charge is 2.20. The summed E-state index contributed by atoms with van der Waals surface area (Å²) in [5.74, 6) is -0.566. The van der Waals surface area contributed by atoms with Gasteiger partial charge in [0, 0.05) is 18.7 Å². The fourth-order valence-electron chi connectivity index (χ4n) is 3.70. The smallest absolute Gasteiger partial charge is 0.251 e. The molecule has 2 aromatic carbocycles. The number of benzene rings is 2. The van der Waals surface area contributed by atoms with E-state index in [1.807, 2.05) is 12.1 Å². The fraction of sp³-hybridized carbons (Fsp3) is 0.350. The molecule has 0 unspecified atom stereocenters. The van der Waals surface area contributed by atoms with Crippen molar-refractivity contribution in [2.24, 2.45) is 0 Å². The number of rotatable bonds is 3. The fourth-order valence-corrected chi connectivity index (χ4v) is 3.70. The molecule has 4 nitrogen and oxygen atoms in total. The molecule has 25 heavy (non-hydrogen) atoms. The maximum atomic E-state index is 13.9. The van der Waals surface area contributed by atoms with Gasteiger partial charge in [0.15, 0.2) is 0 Å². The average Bonchev–Trinajstić information content (AvgIpc) is 2.65. The lowest BCUT2D eigenvalue weighted by atomic mass is 9.94. The molecule has 0 saturated heterocycles. The molecule has 130 valence electrons. The predicted octanol–water partition coefficient (Wildman–Crippen LogP) is 2.47. The number of nitrogens with one attached hydrogen (secondary N) is 2. The number of carbonyl (C=O) groups is 1. The number of hydrogen-bond acceptors (Lipinski definition) is 3. The van der Waals surface area contributed by atoms with Gasteiger partial charge in [0.25, 0.3) is 5.91 Å². The lowest BCUT2D eigenvalue weighted by Gasteiger charge is -2.22. The van der Waals surface area contributed by atoms with Crippen molar-refractivity contribution in [3.05, 3.63) is 69.5 Å². The number of ether oxygens (including phenoxy) is 1. The zero-order chi connectivity index (χ0) is 17.2. The molecule has 1 amide bonds. The van der Waals surface area contributed by atoms with Gasteiger partial charge in [0.1, 0.15) is 5.82 Å². The van der Waals surface area contributed by atoms with E-state index in [9.17, 15) is 9.18 Å². The summed E-state index contributed by atoms with van der Waals surface area (Å²) in [7, 11) is 0. The molecule has 2 aromatic rings. The van der Waals surface area contributed by atoms with E-state index in [-0.39, 0.29) is 11.7 Å². The summed E-state index contributed by atoms with van der Waals surface area (Å²) in [5.41, 5.74) is 5.84. The van der Waals surface area contributed by atoms with Gasteiger partial charge in [0.05, 0.1) is 13.2 Å². The summed E-state index contributed by atoms with van der Waals surface area (Å²) in [6, 6.07) is 8.97. The molecule has 0 fully saturated rings. The second-order valence-electron chi connectivity index (χ2n) is 6.56. The average molecular weight is 340 g/mol. The van der Waals surface area contributed by atoms with E-state index in [4.69, 9.17) is 4.74 Å². The quantitative estimate of drug-likeness (QED) is 0.902. The molecule has 0 bridgehead atoms. The highest BCUT2D eigenvalue weighted by Crippen LogP contribution is 2.23. The molecule has 0 saturated carbocycles. The van der Waals surface area contributed by atoms with Crippen LogP contribution in [0.25, 0.3) is 0 Å². The Bertz CT molecular complexity index is 820. The van der Waals surface area contributed by atoms with Crippen molar-refractivity contribution in [1.29, 1.82) is 0 Å². The Morgan fingerprint density at radius 3 is 3.04 bits per heavy atom. The van der Waals surface area contributed by atoms with Crippen molar-refractivity contribution >= 4 is 5.91 Å². The third-order valence-corrected chi connectivity index (χ3v) is 4.99. The van der Waals surface area contributed by atoms with Crippen molar-refractivity contribution in [3.63, 3.8) is 0 Å². The van der Waals surface area contributed by atoms with Crippen LogP contribution in [-0.2, 0) is 37.3 Å². The van der Waals surface area contributed by atoms with Gasteiger partial charge < -0.3 is 15.4 Å². The molecule has 0 atom stereocenters. The molecule has 0 radical (unpaired) electrons. The summed E-state index contributed by atoms with van der Waals surface area (Å²) in [4.78, 5) is 12.7. The van der Waals surface area contributed by atoms with E-state index in [1.165, 1.54) is 17.2 Å². The van der Waals surface area contributed by atoms with Crippen LogP contribution in [0, 0.1) is 5.82 Å². The van der Waals surface area contributed by atoms with Crippen LogP contribution < -0.4 is 10.6 Å². The van der Waals surface area contributed by atoms with Crippen molar-refractivity contribution in [2.45, 2.75) is 32.5 Å². The molecular weight excluding hydrogens is 319 g/mol. The van der Waals surface area contributed by atoms with E-state index < -0.39 is 0 Å². The molecule has 5 heteroatoms. The monoisotopic (exact) mass is 340 g/mol. The predicted molar refractivity (Wildman–Crippen MR) is 92.8 cm³/mol. The molecule has 2 N–H and O–H groups in total. The number of hydrogen-bond donors (Lipinski definition) is 2. The number of halogens is 1. The first-order valence-corrected chi connectivity index (χ1v) is 8.70. The third kappa shape index (κ3) is 3.30. The molecule has 0 aliphatic carbocycles. The normalized spacial score (nSPS) is 16.0. The lowest BCUT2D eigenvalue weighted by Crippen LogP contribution is -2.30. The molecule has 4 rings (SSSR count). The number of carbonyl (C=O) groups excluding carboxylic acids is 1. The minimum Gasteiger partial charge on any atom is -0.376 e. The molecule has 2 heterocycles. The first kappa shape index (κ1) is 16.2. The van der Waals surface area contributed by atoms with Gasteiger partial charge in [-0.1, -0.05) is 18.2 Å². The minimum atomic E-state index is -0.347.